The van der Waals surface area contributed by atoms with Crippen LogP contribution in [0.25, 0.3) is 6.08 Å². The highest BCUT2D eigenvalue weighted by atomic mass is 35.5. The van der Waals surface area contributed by atoms with E-state index in [9.17, 15) is 9.18 Å². The number of hydrogen-bond donors (Lipinski definition) is 0. The molecule has 4 nitrogen and oxygen atoms in total. The highest BCUT2D eigenvalue weighted by molar-refractivity contribution is 8.19. The van der Waals surface area contributed by atoms with Crippen molar-refractivity contribution in [3.8, 4) is 0 Å². The number of thioether (sulfide) groups is 1. The van der Waals surface area contributed by atoms with Crippen molar-refractivity contribution in [3.63, 3.8) is 0 Å². The lowest BCUT2D eigenvalue weighted by atomic mass is 10.2. The Hall–Kier alpha value is -2.48. The molecule has 1 amide bonds. The maximum Gasteiger partial charge on any atom is 0.271 e. The minimum absolute atomic E-state index is 0.179. The van der Waals surface area contributed by atoms with E-state index in [4.69, 9.17) is 11.6 Å². The molecule has 134 valence electrons. The van der Waals surface area contributed by atoms with Gasteiger partial charge in [-0.3, -0.25) is 9.69 Å². The van der Waals surface area contributed by atoms with Crippen LogP contribution in [0.3, 0.4) is 0 Å². The van der Waals surface area contributed by atoms with Gasteiger partial charge in [0.05, 0.1) is 15.6 Å². The average Bonchev–Trinajstić information content (AvgIpc) is 3.28. The van der Waals surface area contributed by atoms with E-state index in [2.05, 4.69) is 9.98 Å². The number of carbonyl (C=O) groups excluding carboxylic acids is 1. The number of carbonyl (C=O) groups is 1. The number of aromatic nitrogens is 1. The number of thiazole rings is 1. The van der Waals surface area contributed by atoms with Crippen LogP contribution in [0.15, 0.2) is 70.0 Å². The van der Waals surface area contributed by atoms with E-state index in [-0.39, 0.29) is 16.5 Å². The van der Waals surface area contributed by atoms with Gasteiger partial charge in [-0.25, -0.2) is 9.37 Å². The number of hydrogen-bond acceptors (Lipinski definition) is 5. The number of amides is 1. The van der Waals surface area contributed by atoms with Gasteiger partial charge >= 0.3 is 0 Å². The largest absolute Gasteiger partial charge is 0.271 e. The first-order valence-corrected chi connectivity index (χ1v) is 9.92. The SMILES string of the molecule is O=C1/C(=C/c2c(F)cccc2Cl)S/C(=N/c2nccs2)N1c1ccccc1. The number of para-hydroxylation sites is 1. The Morgan fingerprint density at radius 1 is 1.15 bits per heavy atom. The van der Waals surface area contributed by atoms with Crippen LogP contribution in [0.4, 0.5) is 15.2 Å². The van der Waals surface area contributed by atoms with E-state index in [1.807, 2.05) is 35.7 Å². The predicted octanol–water partition coefficient (Wildman–Crippen LogP) is 5.74. The molecule has 1 aliphatic rings. The normalized spacial score (nSPS) is 17.3. The Labute approximate surface area is 168 Å². The third-order valence-electron chi connectivity index (χ3n) is 3.71. The summed E-state index contributed by atoms with van der Waals surface area (Å²) < 4.78 is 14.2. The van der Waals surface area contributed by atoms with Crippen LogP contribution < -0.4 is 4.90 Å². The highest BCUT2D eigenvalue weighted by Crippen LogP contribution is 2.38. The van der Waals surface area contributed by atoms with Crippen molar-refractivity contribution < 1.29 is 9.18 Å². The lowest BCUT2D eigenvalue weighted by Crippen LogP contribution is -2.28. The second-order valence-corrected chi connectivity index (χ2v) is 7.72. The smallest absolute Gasteiger partial charge is 0.268 e. The summed E-state index contributed by atoms with van der Waals surface area (Å²) in [5.74, 6) is -0.777. The van der Waals surface area contributed by atoms with Crippen LogP contribution in [0, 0.1) is 5.82 Å². The van der Waals surface area contributed by atoms with Crippen molar-refractivity contribution in [2.24, 2.45) is 4.99 Å². The molecule has 1 aromatic heterocycles. The van der Waals surface area contributed by atoms with Gasteiger partial charge in [0.1, 0.15) is 5.82 Å². The number of benzene rings is 2. The first-order chi connectivity index (χ1) is 13.1. The fraction of sp³-hybridized carbons (Fsp3) is 0. The van der Waals surface area contributed by atoms with E-state index in [0.717, 1.165) is 11.8 Å². The molecule has 4 rings (SSSR count). The van der Waals surface area contributed by atoms with Crippen LogP contribution in [-0.2, 0) is 4.79 Å². The minimum Gasteiger partial charge on any atom is -0.268 e. The van der Waals surface area contributed by atoms with Crippen LogP contribution >= 0.6 is 34.7 Å². The first kappa shape index (κ1) is 17.9. The minimum atomic E-state index is -0.486. The molecule has 0 bridgehead atoms. The number of rotatable bonds is 3. The molecular formula is C19H11ClFN3OS2. The van der Waals surface area contributed by atoms with Gasteiger partial charge in [0.25, 0.3) is 5.91 Å². The zero-order chi connectivity index (χ0) is 18.8. The standard InChI is InChI=1S/C19H11ClFN3OS2/c20-14-7-4-8-15(21)13(14)11-16-17(25)24(12-5-2-1-3-6-12)19(27-16)23-18-22-9-10-26-18/h1-11H/b16-11-,23-19+. The third kappa shape index (κ3) is 3.66. The van der Waals surface area contributed by atoms with Gasteiger partial charge < -0.3 is 0 Å². The van der Waals surface area contributed by atoms with E-state index in [1.165, 1.54) is 34.4 Å². The number of anilines is 1. The zero-order valence-electron chi connectivity index (χ0n) is 13.7. The summed E-state index contributed by atoms with van der Waals surface area (Å²) >= 11 is 8.63. The Kier molecular flexibility index (Phi) is 5.07. The molecule has 1 aliphatic heterocycles. The zero-order valence-corrected chi connectivity index (χ0v) is 16.1. The fourth-order valence-corrected chi connectivity index (χ4v) is 4.23. The highest BCUT2D eigenvalue weighted by Gasteiger charge is 2.35. The van der Waals surface area contributed by atoms with Crippen LogP contribution in [0.2, 0.25) is 5.02 Å². The molecule has 0 saturated carbocycles. The lowest BCUT2D eigenvalue weighted by molar-refractivity contribution is -0.113. The maximum atomic E-state index is 14.2. The molecule has 0 unspecified atom stereocenters. The molecule has 0 aliphatic carbocycles. The fourth-order valence-electron chi connectivity index (χ4n) is 2.49. The number of amidine groups is 1. The molecule has 3 aromatic rings. The van der Waals surface area contributed by atoms with Crippen LogP contribution in [-0.4, -0.2) is 16.1 Å². The van der Waals surface area contributed by atoms with Crippen LogP contribution in [0.1, 0.15) is 5.56 Å². The monoisotopic (exact) mass is 415 g/mol. The number of halogens is 2. The second-order valence-electron chi connectivity index (χ2n) is 5.43. The van der Waals surface area contributed by atoms with E-state index >= 15 is 0 Å². The Morgan fingerprint density at radius 2 is 1.96 bits per heavy atom. The van der Waals surface area contributed by atoms with Crippen molar-refractivity contribution in [1.82, 2.24) is 4.98 Å². The topological polar surface area (TPSA) is 45.6 Å². The van der Waals surface area contributed by atoms with Gasteiger partial charge in [0.2, 0.25) is 5.13 Å². The molecule has 0 N–H and O–H groups in total. The van der Waals surface area contributed by atoms with Crippen molar-refractivity contribution >= 4 is 62.7 Å². The quantitative estimate of drug-likeness (QED) is 0.512. The van der Waals surface area contributed by atoms with Gasteiger partial charge in [-0.1, -0.05) is 35.9 Å². The molecular weight excluding hydrogens is 405 g/mol. The third-order valence-corrected chi connectivity index (χ3v) is 5.67. The van der Waals surface area contributed by atoms with Gasteiger partial charge in [-0.15, -0.1) is 11.3 Å². The van der Waals surface area contributed by atoms with E-state index < -0.39 is 5.82 Å². The molecule has 8 heteroatoms. The molecule has 2 heterocycles. The summed E-state index contributed by atoms with van der Waals surface area (Å²) in [4.78, 5) is 23.5. The van der Waals surface area contributed by atoms with Gasteiger partial charge in [0.15, 0.2) is 5.17 Å². The molecule has 0 radical (unpaired) electrons. The second kappa shape index (κ2) is 7.64. The van der Waals surface area contributed by atoms with Gasteiger partial charge in [0, 0.05) is 17.1 Å². The number of aliphatic imine (C=N–C) groups is 1. The first-order valence-electron chi connectivity index (χ1n) is 7.85. The molecule has 0 spiro atoms. The number of nitrogens with zero attached hydrogens (tertiary/aromatic N) is 3. The van der Waals surface area contributed by atoms with Crippen molar-refractivity contribution in [2.45, 2.75) is 0 Å². The van der Waals surface area contributed by atoms with Crippen LogP contribution in [0.5, 0.6) is 0 Å². The van der Waals surface area contributed by atoms with Crippen molar-refractivity contribution in [3.05, 3.63) is 81.4 Å². The Balaban J connectivity index is 1.80. The lowest BCUT2D eigenvalue weighted by Gasteiger charge is -2.14. The Morgan fingerprint density at radius 3 is 2.67 bits per heavy atom. The summed E-state index contributed by atoms with van der Waals surface area (Å²) in [5, 5.41) is 3.05. The molecule has 2 aromatic carbocycles. The van der Waals surface area contributed by atoms with Crippen molar-refractivity contribution in [2.75, 3.05) is 4.90 Å². The summed E-state index contributed by atoms with van der Waals surface area (Å²) in [6.07, 6.45) is 3.11. The Bertz CT molecular complexity index is 1030. The maximum absolute atomic E-state index is 14.2. The molecule has 27 heavy (non-hydrogen) atoms. The molecule has 1 saturated heterocycles. The summed E-state index contributed by atoms with van der Waals surface area (Å²) in [6, 6.07) is 13.6. The summed E-state index contributed by atoms with van der Waals surface area (Å²) in [5.41, 5.74) is 0.854. The predicted molar refractivity (Wildman–Crippen MR) is 110 cm³/mol. The summed E-state index contributed by atoms with van der Waals surface area (Å²) in [6.45, 7) is 0. The van der Waals surface area contributed by atoms with Crippen molar-refractivity contribution in [1.29, 1.82) is 0 Å². The van der Waals surface area contributed by atoms with E-state index in [0.29, 0.717) is 20.9 Å². The summed E-state index contributed by atoms with van der Waals surface area (Å²) in [7, 11) is 0. The van der Waals surface area contributed by atoms with Gasteiger partial charge in [-0.05, 0) is 42.1 Å². The van der Waals surface area contributed by atoms with Gasteiger partial charge in [-0.2, -0.15) is 4.99 Å². The average molecular weight is 416 g/mol. The van der Waals surface area contributed by atoms with E-state index in [1.54, 1.807) is 12.3 Å². The molecule has 0 atom stereocenters. The molecule has 1 fully saturated rings.